The Morgan fingerprint density at radius 3 is 2.81 bits per heavy atom. The lowest BCUT2D eigenvalue weighted by atomic mass is 10.1. The predicted octanol–water partition coefficient (Wildman–Crippen LogP) is 2.76. The van der Waals surface area contributed by atoms with E-state index in [1.807, 2.05) is 18.7 Å². The number of fused-ring (bicyclic) bond motifs is 1. The number of nitrogens with zero attached hydrogens (tertiary/aromatic N) is 4. The number of halogens is 1. The van der Waals surface area contributed by atoms with Crippen molar-refractivity contribution in [3.05, 3.63) is 24.3 Å². The molecule has 0 aliphatic rings. The minimum atomic E-state index is -0.455. The number of rotatable bonds is 5. The van der Waals surface area contributed by atoms with Crippen molar-refractivity contribution >= 4 is 16.7 Å². The normalized spacial score (nSPS) is 12.0. The van der Waals surface area contributed by atoms with Gasteiger partial charge < -0.3 is 9.64 Å². The zero-order valence-electron chi connectivity index (χ0n) is 12.3. The van der Waals surface area contributed by atoms with Crippen LogP contribution in [-0.4, -0.2) is 30.2 Å². The number of hydrogen-bond acceptors (Lipinski definition) is 5. The summed E-state index contributed by atoms with van der Waals surface area (Å²) >= 11 is 0. The van der Waals surface area contributed by atoms with Gasteiger partial charge in [-0.2, -0.15) is 5.26 Å². The summed E-state index contributed by atoms with van der Waals surface area (Å²) in [6.07, 6.45) is 1.41. The first-order valence-electron chi connectivity index (χ1n) is 6.73. The Hall–Kier alpha value is -2.42. The highest BCUT2D eigenvalue weighted by atomic mass is 19.1. The average molecular weight is 288 g/mol. The fraction of sp³-hybridized carbons (Fsp3) is 0.400. The Balaban J connectivity index is 2.54. The Labute approximate surface area is 123 Å². The van der Waals surface area contributed by atoms with Crippen molar-refractivity contribution in [2.24, 2.45) is 5.92 Å². The molecule has 1 heterocycles. The van der Waals surface area contributed by atoms with Gasteiger partial charge in [-0.25, -0.2) is 14.4 Å². The molecule has 0 N–H and O–H groups in total. The predicted molar refractivity (Wildman–Crippen MR) is 78.7 cm³/mol. The van der Waals surface area contributed by atoms with Crippen LogP contribution in [0.2, 0.25) is 0 Å². The molecule has 21 heavy (non-hydrogen) atoms. The van der Waals surface area contributed by atoms with E-state index in [1.165, 1.54) is 19.5 Å². The van der Waals surface area contributed by atoms with E-state index in [-0.39, 0.29) is 11.7 Å². The first-order valence-corrected chi connectivity index (χ1v) is 6.73. The minimum Gasteiger partial charge on any atom is -0.494 e. The molecule has 0 saturated carbocycles. The van der Waals surface area contributed by atoms with Gasteiger partial charge >= 0.3 is 0 Å². The molecule has 0 aliphatic heterocycles. The lowest BCUT2D eigenvalue weighted by Gasteiger charge is -2.24. The number of anilines is 1. The van der Waals surface area contributed by atoms with Gasteiger partial charge in [0, 0.05) is 24.5 Å². The molecule has 0 bridgehead atoms. The number of benzene rings is 1. The number of nitriles is 1. The van der Waals surface area contributed by atoms with E-state index >= 15 is 0 Å². The topological polar surface area (TPSA) is 62.0 Å². The van der Waals surface area contributed by atoms with Crippen LogP contribution in [-0.2, 0) is 0 Å². The van der Waals surface area contributed by atoms with E-state index < -0.39 is 5.82 Å². The molecule has 0 radical (unpaired) electrons. The van der Waals surface area contributed by atoms with Crippen LogP contribution < -0.4 is 9.64 Å². The standard InChI is InChI=1S/C15H17FN4O/c1-4-20(8-10(2)7-17)15-11-5-14(21-3)12(16)6-13(11)18-9-19-15/h5-6,9-10H,4,8H2,1-3H3. The Kier molecular flexibility index (Phi) is 4.53. The van der Waals surface area contributed by atoms with Gasteiger partial charge in [-0.3, -0.25) is 0 Å². The molecule has 0 amide bonds. The van der Waals surface area contributed by atoms with E-state index in [1.54, 1.807) is 6.07 Å². The van der Waals surface area contributed by atoms with Crippen LogP contribution in [0.5, 0.6) is 5.75 Å². The lowest BCUT2D eigenvalue weighted by Crippen LogP contribution is -2.28. The third-order valence-corrected chi connectivity index (χ3v) is 3.28. The molecule has 0 aliphatic carbocycles. The van der Waals surface area contributed by atoms with E-state index in [0.717, 1.165) is 0 Å². The van der Waals surface area contributed by atoms with Gasteiger partial charge in [-0.1, -0.05) is 0 Å². The van der Waals surface area contributed by atoms with Crippen LogP contribution in [0.3, 0.4) is 0 Å². The van der Waals surface area contributed by atoms with Crippen molar-refractivity contribution in [3.63, 3.8) is 0 Å². The lowest BCUT2D eigenvalue weighted by molar-refractivity contribution is 0.387. The maximum atomic E-state index is 13.8. The molecule has 1 aromatic heterocycles. The van der Waals surface area contributed by atoms with Gasteiger partial charge in [0.25, 0.3) is 0 Å². The summed E-state index contributed by atoms with van der Waals surface area (Å²) in [5.74, 6) is 0.256. The summed E-state index contributed by atoms with van der Waals surface area (Å²) in [4.78, 5) is 10.4. The number of hydrogen-bond donors (Lipinski definition) is 0. The van der Waals surface area contributed by atoms with E-state index in [0.29, 0.717) is 29.8 Å². The number of methoxy groups -OCH3 is 1. The molecular formula is C15H17FN4O. The van der Waals surface area contributed by atoms with Crippen LogP contribution in [0.1, 0.15) is 13.8 Å². The zero-order valence-corrected chi connectivity index (χ0v) is 12.3. The molecule has 0 fully saturated rings. The number of aromatic nitrogens is 2. The smallest absolute Gasteiger partial charge is 0.167 e. The highest BCUT2D eigenvalue weighted by Gasteiger charge is 2.16. The summed E-state index contributed by atoms with van der Waals surface area (Å²) in [6.45, 7) is 5.09. The maximum absolute atomic E-state index is 13.8. The van der Waals surface area contributed by atoms with Crippen LogP contribution >= 0.6 is 0 Å². The molecular weight excluding hydrogens is 271 g/mol. The molecule has 2 rings (SSSR count). The van der Waals surface area contributed by atoms with Crippen LogP contribution in [0.25, 0.3) is 10.9 Å². The molecule has 1 aromatic carbocycles. The molecule has 1 unspecified atom stereocenters. The molecule has 0 saturated heterocycles. The monoisotopic (exact) mass is 288 g/mol. The third-order valence-electron chi connectivity index (χ3n) is 3.28. The third kappa shape index (κ3) is 3.02. The minimum absolute atomic E-state index is 0.127. The van der Waals surface area contributed by atoms with E-state index in [9.17, 15) is 4.39 Å². The SMILES string of the molecule is CCN(CC(C)C#N)c1ncnc2cc(F)c(OC)cc12. The fourth-order valence-electron chi connectivity index (χ4n) is 2.19. The van der Waals surface area contributed by atoms with E-state index in [2.05, 4.69) is 16.0 Å². The van der Waals surface area contributed by atoms with Crippen LogP contribution in [0.4, 0.5) is 10.2 Å². The van der Waals surface area contributed by atoms with Crippen molar-refractivity contribution in [1.29, 1.82) is 5.26 Å². The van der Waals surface area contributed by atoms with Crippen LogP contribution in [0, 0.1) is 23.1 Å². The highest BCUT2D eigenvalue weighted by Crippen LogP contribution is 2.29. The van der Waals surface area contributed by atoms with Crippen molar-refractivity contribution < 1.29 is 9.13 Å². The van der Waals surface area contributed by atoms with E-state index in [4.69, 9.17) is 10.00 Å². The molecule has 1 atom stereocenters. The summed E-state index contributed by atoms with van der Waals surface area (Å²) in [7, 11) is 1.42. The van der Waals surface area contributed by atoms with Gasteiger partial charge in [0.1, 0.15) is 12.1 Å². The Morgan fingerprint density at radius 1 is 1.43 bits per heavy atom. The second-order valence-corrected chi connectivity index (χ2v) is 4.77. The highest BCUT2D eigenvalue weighted by molar-refractivity contribution is 5.90. The summed E-state index contributed by atoms with van der Waals surface area (Å²) in [6, 6.07) is 5.14. The van der Waals surface area contributed by atoms with Gasteiger partial charge in [0.05, 0.1) is 24.6 Å². The van der Waals surface area contributed by atoms with Crippen molar-refractivity contribution in [3.8, 4) is 11.8 Å². The van der Waals surface area contributed by atoms with Gasteiger partial charge in [0.15, 0.2) is 11.6 Å². The molecule has 5 nitrogen and oxygen atoms in total. The van der Waals surface area contributed by atoms with Crippen molar-refractivity contribution in [2.75, 3.05) is 25.1 Å². The van der Waals surface area contributed by atoms with Crippen LogP contribution in [0.15, 0.2) is 18.5 Å². The van der Waals surface area contributed by atoms with Gasteiger partial charge in [-0.05, 0) is 19.9 Å². The summed E-state index contributed by atoms with van der Waals surface area (Å²) in [5, 5.41) is 9.69. The van der Waals surface area contributed by atoms with Crippen molar-refractivity contribution in [2.45, 2.75) is 13.8 Å². The first kappa shape index (κ1) is 15.0. The molecule has 2 aromatic rings. The maximum Gasteiger partial charge on any atom is 0.167 e. The molecule has 110 valence electrons. The first-order chi connectivity index (χ1) is 10.1. The summed E-state index contributed by atoms with van der Waals surface area (Å²) < 4.78 is 18.8. The zero-order chi connectivity index (χ0) is 15.4. The van der Waals surface area contributed by atoms with Gasteiger partial charge in [0.2, 0.25) is 0 Å². The second-order valence-electron chi connectivity index (χ2n) is 4.77. The quantitative estimate of drug-likeness (QED) is 0.846. The molecule has 6 heteroatoms. The fourth-order valence-corrected chi connectivity index (χ4v) is 2.19. The van der Waals surface area contributed by atoms with Crippen molar-refractivity contribution in [1.82, 2.24) is 9.97 Å². The average Bonchev–Trinajstić information content (AvgIpc) is 2.51. The largest absolute Gasteiger partial charge is 0.494 e. The number of ether oxygens (including phenoxy) is 1. The Morgan fingerprint density at radius 2 is 2.19 bits per heavy atom. The van der Waals surface area contributed by atoms with Gasteiger partial charge in [-0.15, -0.1) is 0 Å². The molecule has 0 spiro atoms. The Bertz CT molecular complexity index is 683. The summed E-state index contributed by atoms with van der Waals surface area (Å²) in [5.41, 5.74) is 0.515. The second kappa shape index (κ2) is 6.35.